The van der Waals surface area contributed by atoms with Gasteiger partial charge in [0, 0.05) is 18.3 Å². The molecule has 0 spiro atoms. The van der Waals surface area contributed by atoms with Gasteiger partial charge in [0.25, 0.3) is 0 Å². The zero-order valence-electron chi connectivity index (χ0n) is 9.38. The number of carboxylic acids is 1. The Morgan fingerprint density at radius 3 is 2.60 bits per heavy atom. The van der Waals surface area contributed by atoms with Crippen LogP contribution < -0.4 is 0 Å². The molecule has 3 heteroatoms. The zero-order valence-corrected chi connectivity index (χ0v) is 9.38. The monoisotopic (exact) mass is 210 g/mol. The van der Waals surface area contributed by atoms with E-state index in [2.05, 4.69) is 6.92 Å². The Bertz CT molecular complexity index is 323. The Labute approximate surface area is 89.9 Å². The number of carbonyl (C=O) groups excluding carboxylic acids is 1. The van der Waals surface area contributed by atoms with E-state index in [1.165, 1.54) is 0 Å². The topological polar surface area (TPSA) is 54.4 Å². The van der Waals surface area contributed by atoms with E-state index in [0.717, 1.165) is 12.8 Å². The summed E-state index contributed by atoms with van der Waals surface area (Å²) in [6, 6.07) is 0. The number of aliphatic carboxylic acids is 1. The predicted molar refractivity (Wildman–Crippen MR) is 55.4 cm³/mol. The Kier molecular flexibility index (Phi) is 2.18. The number of Topliss-reactive ketones (excluding diaryl/α,β-unsaturated/α-hetero) is 1. The molecule has 0 aromatic carbocycles. The molecule has 0 amide bonds. The van der Waals surface area contributed by atoms with Gasteiger partial charge in [-0.15, -0.1) is 0 Å². The molecule has 2 aliphatic rings. The highest BCUT2D eigenvalue weighted by molar-refractivity contribution is 5.89. The summed E-state index contributed by atoms with van der Waals surface area (Å²) in [7, 11) is 0. The summed E-state index contributed by atoms with van der Waals surface area (Å²) in [5.74, 6) is 0.0274. The number of rotatable bonds is 3. The second-order valence-electron chi connectivity index (χ2n) is 5.51. The van der Waals surface area contributed by atoms with Gasteiger partial charge in [-0.25, -0.2) is 0 Å². The van der Waals surface area contributed by atoms with Gasteiger partial charge in [0.05, 0.1) is 0 Å². The van der Waals surface area contributed by atoms with Gasteiger partial charge in [-0.05, 0) is 30.6 Å². The Morgan fingerprint density at radius 1 is 1.53 bits per heavy atom. The maximum atomic E-state index is 11.9. The minimum Gasteiger partial charge on any atom is -0.481 e. The molecule has 3 atom stereocenters. The van der Waals surface area contributed by atoms with Crippen LogP contribution in [0.3, 0.4) is 0 Å². The van der Waals surface area contributed by atoms with E-state index >= 15 is 0 Å². The lowest BCUT2D eigenvalue weighted by Gasteiger charge is -2.36. The molecule has 2 aliphatic carbocycles. The van der Waals surface area contributed by atoms with Crippen LogP contribution in [0.2, 0.25) is 0 Å². The summed E-state index contributed by atoms with van der Waals surface area (Å²) in [6.07, 6.45) is 3.56. The molecule has 84 valence electrons. The first-order chi connectivity index (χ1) is 6.90. The van der Waals surface area contributed by atoms with Gasteiger partial charge in [-0.1, -0.05) is 13.8 Å². The van der Waals surface area contributed by atoms with E-state index in [1.54, 1.807) is 0 Å². The first kappa shape index (κ1) is 10.7. The quantitative estimate of drug-likeness (QED) is 0.777. The molecule has 2 saturated carbocycles. The molecule has 3 nitrogen and oxygen atoms in total. The van der Waals surface area contributed by atoms with E-state index in [0.29, 0.717) is 24.5 Å². The molecular weight excluding hydrogens is 192 g/mol. The van der Waals surface area contributed by atoms with Crippen LogP contribution in [0.15, 0.2) is 0 Å². The molecule has 15 heavy (non-hydrogen) atoms. The molecule has 0 radical (unpaired) electrons. The Morgan fingerprint density at radius 2 is 2.20 bits per heavy atom. The van der Waals surface area contributed by atoms with Crippen molar-refractivity contribution in [2.24, 2.45) is 16.7 Å². The highest BCUT2D eigenvalue weighted by Crippen LogP contribution is 2.65. The van der Waals surface area contributed by atoms with E-state index in [-0.39, 0.29) is 17.3 Å². The fourth-order valence-electron chi connectivity index (χ4n) is 3.60. The van der Waals surface area contributed by atoms with Crippen molar-refractivity contribution in [3.8, 4) is 0 Å². The third-order valence-corrected chi connectivity index (χ3v) is 5.06. The molecule has 0 saturated heterocycles. The number of carbonyl (C=O) groups is 2. The SMILES string of the molecule is C[C@]1(CCC(=O)O)[C@H]2CC[C@]1(C)C(=O)C2. The number of ketones is 1. The van der Waals surface area contributed by atoms with Crippen LogP contribution in [-0.2, 0) is 9.59 Å². The largest absolute Gasteiger partial charge is 0.481 e. The second kappa shape index (κ2) is 3.06. The standard InChI is InChI=1S/C12H18O3/c1-11(6-4-10(14)15)8-3-5-12(11,2)9(13)7-8/h8H,3-7H2,1-2H3,(H,14,15)/t8-,11-,12+/m0/s1. The molecule has 0 heterocycles. The molecule has 0 aliphatic heterocycles. The zero-order chi connectivity index (χ0) is 11.3. The van der Waals surface area contributed by atoms with E-state index in [4.69, 9.17) is 5.11 Å². The Hall–Kier alpha value is -0.860. The molecule has 0 aromatic heterocycles. The minimum absolute atomic E-state index is 0.0670. The molecular formula is C12H18O3. The molecule has 0 aromatic rings. The van der Waals surface area contributed by atoms with Gasteiger partial charge in [0.2, 0.25) is 0 Å². The van der Waals surface area contributed by atoms with Gasteiger partial charge in [-0.3, -0.25) is 9.59 Å². The first-order valence-corrected chi connectivity index (χ1v) is 5.65. The van der Waals surface area contributed by atoms with Crippen LogP contribution in [0.5, 0.6) is 0 Å². The fourth-order valence-corrected chi connectivity index (χ4v) is 3.60. The summed E-state index contributed by atoms with van der Waals surface area (Å²) < 4.78 is 0. The highest BCUT2D eigenvalue weighted by atomic mass is 16.4. The molecule has 2 bridgehead atoms. The van der Waals surface area contributed by atoms with Crippen LogP contribution in [0.4, 0.5) is 0 Å². The normalized spacial score (nSPS) is 43.6. The average Bonchev–Trinajstić information content (AvgIpc) is 2.50. The minimum atomic E-state index is -0.751. The van der Waals surface area contributed by atoms with Crippen LogP contribution in [0.1, 0.15) is 46.0 Å². The van der Waals surface area contributed by atoms with Crippen LogP contribution in [0, 0.1) is 16.7 Å². The Balaban J connectivity index is 2.21. The predicted octanol–water partition coefficient (Wildman–Crippen LogP) is 2.25. The van der Waals surface area contributed by atoms with Crippen molar-refractivity contribution in [1.82, 2.24) is 0 Å². The van der Waals surface area contributed by atoms with E-state index in [1.807, 2.05) is 6.92 Å². The summed E-state index contributed by atoms with van der Waals surface area (Å²) in [5.41, 5.74) is -0.310. The van der Waals surface area contributed by atoms with Crippen molar-refractivity contribution in [2.45, 2.75) is 46.0 Å². The van der Waals surface area contributed by atoms with Crippen LogP contribution in [-0.4, -0.2) is 16.9 Å². The summed E-state index contributed by atoms with van der Waals surface area (Å²) >= 11 is 0. The molecule has 2 fully saturated rings. The van der Waals surface area contributed by atoms with Crippen LogP contribution >= 0.6 is 0 Å². The highest BCUT2D eigenvalue weighted by Gasteiger charge is 2.63. The lowest BCUT2D eigenvalue weighted by atomic mass is 9.66. The van der Waals surface area contributed by atoms with E-state index in [9.17, 15) is 9.59 Å². The van der Waals surface area contributed by atoms with Crippen molar-refractivity contribution in [1.29, 1.82) is 0 Å². The maximum Gasteiger partial charge on any atom is 0.303 e. The summed E-state index contributed by atoms with van der Waals surface area (Å²) in [6.45, 7) is 4.14. The lowest BCUT2D eigenvalue weighted by Crippen LogP contribution is -2.35. The van der Waals surface area contributed by atoms with Gasteiger partial charge in [0.15, 0.2) is 0 Å². The lowest BCUT2D eigenvalue weighted by molar-refractivity contribution is -0.139. The average molecular weight is 210 g/mol. The van der Waals surface area contributed by atoms with Crippen molar-refractivity contribution in [3.05, 3.63) is 0 Å². The van der Waals surface area contributed by atoms with Crippen molar-refractivity contribution < 1.29 is 14.7 Å². The summed E-state index contributed by atoms with van der Waals surface area (Å²) in [5, 5.41) is 8.75. The molecule has 2 rings (SSSR count). The number of hydrogen-bond donors (Lipinski definition) is 1. The fraction of sp³-hybridized carbons (Fsp3) is 0.833. The third kappa shape index (κ3) is 1.25. The van der Waals surface area contributed by atoms with Gasteiger partial charge in [-0.2, -0.15) is 0 Å². The third-order valence-electron chi connectivity index (χ3n) is 5.06. The van der Waals surface area contributed by atoms with Crippen LogP contribution in [0.25, 0.3) is 0 Å². The number of hydrogen-bond acceptors (Lipinski definition) is 2. The van der Waals surface area contributed by atoms with Gasteiger partial charge >= 0.3 is 5.97 Å². The maximum absolute atomic E-state index is 11.9. The first-order valence-electron chi connectivity index (χ1n) is 5.65. The van der Waals surface area contributed by atoms with Crippen molar-refractivity contribution in [2.75, 3.05) is 0 Å². The van der Waals surface area contributed by atoms with Gasteiger partial charge < -0.3 is 5.11 Å². The molecule has 1 N–H and O–H groups in total. The summed E-state index contributed by atoms with van der Waals surface area (Å²) in [4.78, 5) is 22.5. The molecule has 0 unspecified atom stereocenters. The number of carboxylic acid groups (broad SMARTS) is 1. The van der Waals surface area contributed by atoms with Crippen molar-refractivity contribution >= 4 is 11.8 Å². The van der Waals surface area contributed by atoms with E-state index < -0.39 is 5.97 Å². The van der Waals surface area contributed by atoms with Crippen molar-refractivity contribution in [3.63, 3.8) is 0 Å². The van der Waals surface area contributed by atoms with Gasteiger partial charge in [0.1, 0.15) is 5.78 Å². The smallest absolute Gasteiger partial charge is 0.303 e. The second-order valence-corrected chi connectivity index (χ2v) is 5.51. The number of fused-ring (bicyclic) bond motifs is 2.